The summed E-state index contributed by atoms with van der Waals surface area (Å²) in [5.41, 5.74) is 1.98. The Kier molecular flexibility index (Phi) is 7.05. The normalized spacial score (nSPS) is 11.3. The van der Waals surface area contributed by atoms with Gasteiger partial charge in [0.05, 0.1) is 22.9 Å². The second-order valence-corrected chi connectivity index (χ2v) is 9.88. The first-order valence-corrected chi connectivity index (χ1v) is 12.9. The van der Waals surface area contributed by atoms with Gasteiger partial charge in [0, 0.05) is 16.5 Å². The van der Waals surface area contributed by atoms with Crippen LogP contribution in [-0.4, -0.2) is 20.0 Å². The number of para-hydroxylation sites is 1. The monoisotopic (exact) mass is 482 g/mol. The molecule has 3 aromatic carbocycles. The lowest BCUT2D eigenvalue weighted by Gasteiger charge is -2.12. The van der Waals surface area contributed by atoms with Crippen molar-refractivity contribution < 1.29 is 17.5 Å². The number of thiazole rings is 1. The average molecular weight is 483 g/mol. The second kappa shape index (κ2) is 10.1. The van der Waals surface area contributed by atoms with E-state index in [1.165, 1.54) is 29.5 Å². The number of nitrogens with one attached hydrogen (secondary N) is 1. The van der Waals surface area contributed by atoms with E-state index in [4.69, 9.17) is 4.74 Å². The van der Waals surface area contributed by atoms with Crippen LogP contribution in [0, 0.1) is 5.82 Å². The predicted molar refractivity (Wildman–Crippen MR) is 131 cm³/mol. The van der Waals surface area contributed by atoms with Crippen molar-refractivity contribution in [2.45, 2.75) is 24.7 Å². The maximum absolute atomic E-state index is 14.2. The van der Waals surface area contributed by atoms with Crippen molar-refractivity contribution in [1.82, 2.24) is 4.98 Å². The van der Waals surface area contributed by atoms with Crippen molar-refractivity contribution in [3.63, 3.8) is 0 Å². The molecule has 1 aromatic heterocycles. The van der Waals surface area contributed by atoms with Crippen molar-refractivity contribution in [1.29, 1.82) is 0 Å². The molecule has 1 heterocycles. The SMILES string of the molecule is CCCCOc1ccc(S(=O)(=O)Nc2ccccc2-c2csc(-c3ccccc3F)n2)cc1. The van der Waals surface area contributed by atoms with Gasteiger partial charge in [-0.25, -0.2) is 17.8 Å². The maximum Gasteiger partial charge on any atom is 0.261 e. The number of nitrogens with zero attached hydrogens (tertiary/aromatic N) is 1. The van der Waals surface area contributed by atoms with Gasteiger partial charge in [0.1, 0.15) is 16.6 Å². The fourth-order valence-electron chi connectivity index (χ4n) is 3.20. The van der Waals surface area contributed by atoms with Gasteiger partial charge in [-0.3, -0.25) is 4.72 Å². The van der Waals surface area contributed by atoms with Crippen LogP contribution in [0.2, 0.25) is 0 Å². The highest BCUT2D eigenvalue weighted by Gasteiger charge is 2.18. The molecule has 0 aliphatic rings. The Morgan fingerprint density at radius 2 is 1.67 bits per heavy atom. The van der Waals surface area contributed by atoms with Crippen molar-refractivity contribution >= 4 is 27.0 Å². The molecule has 0 aliphatic carbocycles. The number of unbranched alkanes of at least 4 members (excludes halogenated alkanes) is 1. The lowest BCUT2D eigenvalue weighted by atomic mass is 10.1. The van der Waals surface area contributed by atoms with E-state index < -0.39 is 10.0 Å². The molecule has 1 N–H and O–H groups in total. The van der Waals surface area contributed by atoms with Gasteiger partial charge >= 0.3 is 0 Å². The summed E-state index contributed by atoms with van der Waals surface area (Å²) in [5.74, 6) is 0.278. The number of ether oxygens (including phenoxy) is 1. The van der Waals surface area contributed by atoms with Crippen LogP contribution < -0.4 is 9.46 Å². The van der Waals surface area contributed by atoms with E-state index in [1.54, 1.807) is 60.0 Å². The molecule has 0 fully saturated rings. The molecule has 0 amide bonds. The van der Waals surface area contributed by atoms with Gasteiger partial charge in [0.2, 0.25) is 0 Å². The summed E-state index contributed by atoms with van der Waals surface area (Å²) in [4.78, 5) is 4.68. The minimum absolute atomic E-state index is 0.130. The van der Waals surface area contributed by atoms with E-state index in [1.807, 2.05) is 0 Å². The topological polar surface area (TPSA) is 68.3 Å². The Hall–Kier alpha value is -3.23. The van der Waals surface area contributed by atoms with E-state index in [9.17, 15) is 12.8 Å². The molecular weight excluding hydrogens is 459 g/mol. The first kappa shape index (κ1) is 22.9. The highest BCUT2D eigenvalue weighted by atomic mass is 32.2. The predicted octanol–water partition coefficient (Wildman–Crippen LogP) is 6.60. The molecule has 5 nitrogen and oxygen atoms in total. The highest BCUT2D eigenvalue weighted by Crippen LogP contribution is 2.34. The molecule has 8 heteroatoms. The van der Waals surface area contributed by atoms with Crippen molar-refractivity contribution in [3.8, 4) is 27.6 Å². The lowest BCUT2D eigenvalue weighted by molar-refractivity contribution is 0.309. The first-order valence-electron chi connectivity index (χ1n) is 10.5. The summed E-state index contributed by atoms with van der Waals surface area (Å²) >= 11 is 1.30. The number of sulfonamides is 1. The van der Waals surface area contributed by atoms with Crippen LogP contribution in [0.25, 0.3) is 21.8 Å². The summed E-state index contributed by atoms with van der Waals surface area (Å²) in [5, 5.41) is 2.32. The van der Waals surface area contributed by atoms with Gasteiger partial charge in [-0.2, -0.15) is 0 Å². The minimum Gasteiger partial charge on any atom is -0.494 e. The van der Waals surface area contributed by atoms with E-state index >= 15 is 0 Å². The Morgan fingerprint density at radius 3 is 2.39 bits per heavy atom. The van der Waals surface area contributed by atoms with Gasteiger partial charge < -0.3 is 4.74 Å². The zero-order valence-corrected chi connectivity index (χ0v) is 19.6. The molecule has 170 valence electrons. The third kappa shape index (κ3) is 5.40. The zero-order valence-electron chi connectivity index (χ0n) is 18.0. The molecule has 4 rings (SSSR count). The minimum atomic E-state index is -3.83. The van der Waals surface area contributed by atoms with Crippen LogP contribution in [0.4, 0.5) is 10.1 Å². The molecule has 33 heavy (non-hydrogen) atoms. The molecular formula is C25H23FN2O3S2. The molecule has 0 saturated heterocycles. The van der Waals surface area contributed by atoms with Crippen molar-refractivity contribution in [2.75, 3.05) is 11.3 Å². The van der Waals surface area contributed by atoms with Crippen LogP contribution >= 0.6 is 11.3 Å². The average Bonchev–Trinajstić information content (AvgIpc) is 3.30. The smallest absolute Gasteiger partial charge is 0.261 e. The maximum atomic E-state index is 14.2. The first-order chi connectivity index (χ1) is 16.0. The standard InChI is InChI=1S/C25H23FN2O3S2/c1-2-3-16-31-18-12-14-19(15-13-18)33(29,30)28-23-11-7-5-9-21(23)24-17-32-25(27-24)20-8-4-6-10-22(20)26/h4-15,17,28H,2-3,16H2,1H3. The Labute approximate surface area is 197 Å². The lowest BCUT2D eigenvalue weighted by Crippen LogP contribution is -2.13. The molecule has 0 bridgehead atoms. The molecule has 0 aliphatic heterocycles. The molecule has 0 radical (unpaired) electrons. The quantitative estimate of drug-likeness (QED) is 0.273. The molecule has 0 spiro atoms. The van der Waals surface area contributed by atoms with Crippen molar-refractivity contribution in [3.05, 3.63) is 84.0 Å². The van der Waals surface area contributed by atoms with Crippen LogP contribution in [0.15, 0.2) is 83.1 Å². The third-order valence-electron chi connectivity index (χ3n) is 4.96. The number of rotatable bonds is 9. The van der Waals surface area contributed by atoms with Crippen LogP contribution in [0.1, 0.15) is 19.8 Å². The third-order valence-corrected chi connectivity index (χ3v) is 7.21. The summed E-state index contributed by atoms with van der Waals surface area (Å²) < 4.78 is 48.4. The summed E-state index contributed by atoms with van der Waals surface area (Å²) in [6.45, 7) is 2.67. The number of anilines is 1. The Balaban J connectivity index is 1.58. The highest BCUT2D eigenvalue weighted by molar-refractivity contribution is 7.92. The van der Waals surface area contributed by atoms with Gasteiger partial charge in [0.15, 0.2) is 0 Å². The summed E-state index contributed by atoms with van der Waals surface area (Å²) in [6, 6.07) is 19.8. The number of hydrogen-bond donors (Lipinski definition) is 1. The van der Waals surface area contributed by atoms with E-state index in [0.29, 0.717) is 39.9 Å². The second-order valence-electron chi connectivity index (χ2n) is 7.34. The fraction of sp³-hybridized carbons (Fsp3) is 0.160. The van der Waals surface area contributed by atoms with Crippen molar-refractivity contribution in [2.24, 2.45) is 0 Å². The van der Waals surface area contributed by atoms with Crippen LogP contribution in [-0.2, 0) is 10.0 Å². The van der Waals surface area contributed by atoms with Crippen LogP contribution in [0.3, 0.4) is 0 Å². The van der Waals surface area contributed by atoms with Gasteiger partial charge in [0.25, 0.3) is 10.0 Å². The van der Waals surface area contributed by atoms with Gasteiger partial charge in [-0.15, -0.1) is 11.3 Å². The molecule has 0 unspecified atom stereocenters. The molecule has 0 atom stereocenters. The number of aromatic nitrogens is 1. The number of halogens is 1. The van der Waals surface area contributed by atoms with E-state index in [0.717, 1.165) is 12.8 Å². The molecule has 0 saturated carbocycles. The number of hydrogen-bond acceptors (Lipinski definition) is 5. The Morgan fingerprint density at radius 1 is 0.970 bits per heavy atom. The van der Waals surface area contributed by atoms with E-state index in [2.05, 4.69) is 16.6 Å². The number of benzene rings is 3. The summed E-state index contributed by atoms with van der Waals surface area (Å²) in [6.07, 6.45) is 1.96. The van der Waals surface area contributed by atoms with E-state index in [-0.39, 0.29) is 10.7 Å². The molecule has 4 aromatic rings. The summed E-state index contributed by atoms with van der Waals surface area (Å²) in [7, 11) is -3.83. The largest absolute Gasteiger partial charge is 0.494 e. The zero-order chi connectivity index (χ0) is 23.3. The van der Waals surface area contributed by atoms with Crippen LogP contribution in [0.5, 0.6) is 5.75 Å². The van der Waals surface area contributed by atoms with Gasteiger partial charge in [-0.1, -0.05) is 43.7 Å². The fourth-order valence-corrected chi connectivity index (χ4v) is 5.13. The van der Waals surface area contributed by atoms with Gasteiger partial charge in [-0.05, 0) is 48.9 Å². The Bertz CT molecular complexity index is 1340.